The van der Waals surface area contributed by atoms with Gasteiger partial charge in [-0.1, -0.05) is 26.8 Å². The third-order valence-electron chi connectivity index (χ3n) is 3.87. The monoisotopic (exact) mass is 302 g/mol. The first-order valence-corrected chi connectivity index (χ1v) is 7.57. The SMILES string of the molecule is CC(C)(C)c1ccc2nc(NC(=O)N3CCOCC3)[nH]c2c1. The number of nitrogens with zero attached hydrogens (tertiary/aromatic N) is 2. The van der Waals surface area contributed by atoms with Gasteiger partial charge in [-0.2, -0.15) is 0 Å². The lowest BCUT2D eigenvalue weighted by Crippen LogP contribution is -2.43. The summed E-state index contributed by atoms with van der Waals surface area (Å²) in [4.78, 5) is 21.5. The van der Waals surface area contributed by atoms with Gasteiger partial charge in [0.1, 0.15) is 0 Å². The van der Waals surface area contributed by atoms with E-state index in [4.69, 9.17) is 4.74 Å². The molecule has 0 saturated carbocycles. The number of aromatic amines is 1. The van der Waals surface area contributed by atoms with Crippen LogP contribution in [0.15, 0.2) is 18.2 Å². The van der Waals surface area contributed by atoms with Crippen molar-refractivity contribution in [2.24, 2.45) is 0 Å². The number of urea groups is 1. The Morgan fingerprint density at radius 2 is 2.05 bits per heavy atom. The first kappa shape index (κ1) is 14.8. The van der Waals surface area contributed by atoms with Crippen LogP contribution in [0, 0.1) is 0 Å². The second-order valence-corrected chi connectivity index (χ2v) is 6.60. The number of hydrogen-bond acceptors (Lipinski definition) is 3. The van der Waals surface area contributed by atoms with E-state index in [2.05, 4.69) is 48.2 Å². The van der Waals surface area contributed by atoms with Gasteiger partial charge in [0.15, 0.2) is 0 Å². The molecule has 22 heavy (non-hydrogen) atoms. The number of aromatic nitrogens is 2. The van der Waals surface area contributed by atoms with E-state index < -0.39 is 0 Å². The first-order valence-electron chi connectivity index (χ1n) is 7.57. The number of morpholine rings is 1. The van der Waals surface area contributed by atoms with Crippen molar-refractivity contribution in [2.75, 3.05) is 31.6 Å². The number of rotatable bonds is 1. The van der Waals surface area contributed by atoms with Gasteiger partial charge < -0.3 is 14.6 Å². The smallest absolute Gasteiger partial charge is 0.324 e. The molecule has 2 heterocycles. The summed E-state index contributed by atoms with van der Waals surface area (Å²) >= 11 is 0. The van der Waals surface area contributed by atoms with Crippen molar-refractivity contribution < 1.29 is 9.53 Å². The van der Waals surface area contributed by atoms with E-state index in [1.807, 2.05) is 6.07 Å². The highest BCUT2D eigenvalue weighted by Gasteiger charge is 2.19. The average molecular weight is 302 g/mol. The summed E-state index contributed by atoms with van der Waals surface area (Å²) in [6, 6.07) is 6.01. The van der Waals surface area contributed by atoms with Crippen molar-refractivity contribution in [2.45, 2.75) is 26.2 Å². The number of nitrogens with one attached hydrogen (secondary N) is 2. The maximum absolute atomic E-state index is 12.2. The van der Waals surface area contributed by atoms with Crippen molar-refractivity contribution in [1.82, 2.24) is 14.9 Å². The van der Waals surface area contributed by atoms with E-state index in [0.29, 0.717) is 32.3 Å². The van der Waals surface area contributed by atoms with E-state index in [9.17, 15) is 4.79 Å². The van der Waals surface area contributed by atoms with E-state index in [-0.39, 0.29) is 11.4 Å². The Morgan fingerprint density at radius 1 is 1.32 bits per heavy atom. The third-order valence-corrected chi connectivity index (χ3v) is 3.87. The molecule has 1 aromatic heterocycles. The van der Waals surface area contributed by atoms with Crippen molar-refractivity contribution in [3.05, 3.63) is 23.8 Å². The normalized spacial score (nSPS) is 16.0. The predicted molar refractivity (Wildman–Crippen MR) is 86.2 cm³/mol. The fourth-order valence-corrected chi connectivity index (χ4v) is 2.48. The molecule has 0 aliphatic carbocycles. The molecule has 2 aromatic rings. The van der Waals surface area contributed by atoms with Gasteiger partial charge in [0.25, 0.3) is 0 Å². The van der Waals surface area contributed by atoms with Crippen LogP contribution in [0.4, 0.5) is 10.7 Å². The number of H-pyrrole nitrogens is 1. The maximum Gasteiger partial charge on any atom is 0.324 e. The molecule has 0 atom stereocenters. The van der Waals surface area contributed by atoms with Gasteiger partial charge >= 0.3 is 6.03 Å². The summed E-state index contributed by atoms with van der Waals surface area (Å²) in [6.07, 6.45) is 0. The summed E-state index contributed by atoms with van der Waals surface area (Å²) in [5.74, 6) is 0.484. The number of carbonyl (C=O) groups is 1. The van der Waals surface area contributed by atoms with Gasteiger partial charge in [-0.15, -0.1) is 0 Å². The van der Waals surface area contributed by atoms with Gasteiger partial charge in [-0.3, -0.25) is 5.32 Å². The number of hydrogen-bond donors (Lipinski definition) is 2. The van der Waals surface area contributed by atoms with Crippen LogP contribution in [-0.2, 0) is 10.2 Å². The van der Waals surface area contributed by atoms with Crippen LogP contribution in [0.25, 0.3) is 11.0 Å². The molecule has 118 valence electrons. The number of ether oxygens (including phenoxy) is 1. The van der Waals surface area contributed by atoms with E-state index >= 15 is 0 Å². The molecular weight excluding hydrogens is 280 g/mol. The summed E-state index contributed by atoms with van der Waals surface area (Å²) in [5.41, 5.74) is 3.10. The van der Waals surface area contributed by atoms with Crippen LogP contribution < -0.4 is 5.32 Å². The molecule has 1 fully saturated rings. The quantitative estimate of drug-likeness (QED) is 0.851. The zero-order valence-corrected chi connectivity index (χ0v) is 13.3. The van der Waals surface area contributed by atoms with Crippen LogP contribution in [0.2, 0.25) is 0 Å². The maximum atomic E-state index is 12.2. The highest BCUT2D eigenvalue weighted by Crippen LogP contribution is 2.25. The highest BCUT2D eigenvalue weighted by molar-refractivity contribution is 5.90. The number of amides is 2. The molecule has 1 saturated heterocycles. The number of benzene rings is 1. The molecule has 1 aliphatic heterocycles. The average Bonchev–Trinajstić information content (AvgIpc) is 2.88. The molecule has 2 amide bonds. The Hall–Kier alpha value is -2.08. The van der Waals surface area contributed by atoms with Gasteiger partial charge in [-0.25, -0.2) is 9.78 Å². The van der Waals surface area contributed by atoms with Crippen LogP contribution >= 0.6 is 0 Å². The zero-order chi connectivity index (χ0) is 15.7. The second-order valence-electron chi connectivity index (χ2n) is 6.60. The number of imidazole rings is 1. The molecule has 0 unspecified atom stereocenters. The summed E-state index contributed by atoms with van der Waals surface area (Å²) < 4.78 is 5.25. The standard InChI is InChI=1S/C16H22N4O2/c1-16(2,3)11-4-5-12-13(10-11)18-14(17-12)19-15(21)20-6-8-22-9-7-20/h4-5,10H,6-9H2,1-3H3,(H2,17,18,19,21). The zero-order valence-electron chi connectivity index (χ0n) is 13.3. The molecule has 3 rings (SSSR count). The van der Waals surface area contributed by atoms with E-state index in [1.54, 1.807) is 4.90 Å². The van der Waals surface area contributed by atoms with Gasteiger partial charge in [0.2, 0.25) is 5.95 Å². The minimum atomic E-state index is -0.140. The highest BCUT2D eigenvalue weighted by atomic mass is 16.5. The van der Waals surface area contributed by atoms with Crippen LogP contribution in [0.5, 0.6) is 0 Å². The molecule has 0 spiro atoms. The lowest BCUT2D eigenvalue weighted by Gasteiger charge is -2.26. The fourth-order valence-electron chi connectivity index (χ4n) is 2.48. The first-order chi connectivity index (χ1) is 10.4. The Morgan fingerprint density at radius 3 is 2.73 bits per heavy atom. The summed E-state index contributed by atoms with van der Waals surface area (Å²) in [5, 5.41) is 2.82. The minimum absolute atomic E-state index is 0.0799. The lowest BCUT2D eigenvalue weighted by atomic mass is 9.87. The van der Waals surface area contributed by atoms with Gasteiger partial charge in [0, 0.05) is 13.1 Å². The van der Waals surface area contributed by atoms with Gasteiger partial charge in [0.05, 0.1) is 24.2 Å². The Kier molecular flexibility index (Phi) is 3.78. The van der Waals surface area contributed by atoms with Crippen molar-refractivity contribution in [1.29, 1.82) is 0 Å². The molecule has 0 radical (unpaired) electrons. The fraction of sp³-hybridized carbons (Fsp3) is 0.500. The Labute approximate surface area is 129 Å². The Bertz CT molecular complexity index is 681. The van der Waals surface area contributed by atoms with Crippen molar-refractivity contribution >= 4 is 23.0 Å². The van der Waals surface area contributed by atoms with Gasteiger partial charge in [-0.05, 0) is 23.1 Å². The number of carbonyl (C=O) groups excluding carboxylic acids is 1. The third kappa shape index (κ3) is 3.06. The predicted octanol–water partition coefficient (Wildman–Crippen LogP) is 2.72. The summed E-state index contributed by atoms with van der Waals surface area (Å²) in [7, 11) is 0. The topological polar surface area (TPSA) is 70.2 Å². The van der Waals surface area contributed by atoms with Crippen molar-refractivity contribution in [3.63, 3.8) is 0 Å². The van der Waals surface area contributed by atoms with E-state index in [1.165, 1.54) is 5.56 Å². The lowest BCUT2D eigenvalue weighted by molar-refractivity contribution is 0.0564. The largest absolute Gasteiger partial charge is 0.378 e. The second kappa shape index (κ2) is 5.61. The molecule has 1 aliphatic rings. The summed E-state index contributed by atoms with van der Waals surface area (Å²) in [6.45, 7) is 8.91. The molecular formula is C16H22N4O2. The van der Waals surface area contributed by atoms with Crippen LogP contribution in [0.1, 0.15) is 26.3 Å². The van der Waals surface area contributed by atoms with E-state index in [0.717, 1.165) is 11.0 Å². The number of anilines is 1. The number of fused-ring (bicyclic) bond motifs is 1. The van der Waals surface area contributed by atoms with Crippen LogP contribution in [-0.4, -0.2) is 47.2 Å². The molecule has 6 heteroatoms. The van der Waals surface area contributed by atoms with Crippen LogP contribution in [0.3, 0.4) is 0 Å². The molecule has 6 nitrogen and oxygen atoms in total. The molecule has 2 N–H and O–H groups in total. The minimum Gasteiger partial charge on any atom is -0.378 e. The van der Waals surface area contributed by atoms with Crippen molar-refractivity contribution in [3.8, 4) is 0 Å². The molecule has 0 bridgehead atoms. The molecule has 1 aromatic carbocycles. The Balaban J connectivity index is 1.78.